The van der Waals surface area contributed by atoms with Crippen LogP contribution in [0.3, 0.4) is 0 Å². The van der Waals surface area contributed by atoms with Crippen LogP contribution in [0.2, 0.25) is 0 Å². The van der Waals surface area contributed by atoms with Gasteiger partial charge >= 0.3 is 6.18 Å². The van der Waals surface area contributed by atoms with Crippen LogP contribution in [0, 0.1) is 5.41 Å². The van der Waals surface area contributed by atoms with E-state index in [0.29, 0.717) is 0 Å². The molecule has 0 bridgehead atoms. The molecular weight excluding hydrogens is 253 g/mol. The van der Waals surface area contributed by atoms with E-state index in [4.69, 9.17) is 0 Å². The fourth-order valence-corrected chi connectivity index (χ4v) is 3.19. The molecule has 0 amide bonds. The summed E-state index contributed by atoms with van der Waals surface area (Å²) < 4.78 is 37.0. The van der Waals surface area contributed by atoms with E-state index >= 15 is 0 Å². The van der Waals surface area contributed by atoms with Crippen LogP contribution < -0.4 is 5.32 Å². The van der Waals surface area contributed by atoms with E-state index in [9.17, 15) is 13.2 Å². The lowest BCUT2D eigenvalue weighted by Gasteiger charge is -2.48. The van der Waals surface area contributed by atoms with Gasteiger partial charge in [0.25, 0.3) is 0 Å². The lowest BCUT2D eigenvalue weighted by molar-refractivity contribution is -0.139. The first-order valence-corrected chi connectivity index (χ1v) is 7.18. The summed E-state index contributed by atoms with van der Waals surface area (Å²) in [6, 6.07) is 0.468. The van der Waals surface area contributed by atoms with Crippen LogP contribution in [-0.2, 0) is 0 Å². The minimum Gasteiger partial charge on any atom is -0.312 e. The second-order valence-electron chi connectivity index (χ2n) is 6.33. The van der Waals surface area contributed by atoms with Crippen LogP contribution in [0.25, 0.3) is 0 Å². The topological polar surface area (TPSA) is 15.3 Å². The normalized spacial score (nSPS) is 27.8. The smallest absolute Gasteiger partial charge is 0.312 e. The number of likely N-dealkylation sites (N-methyl/N-ethyl adjacent to an activating group) is 2. The summed E-state index contributed by atoms with van der Waals surface area (Å²) in [5, 5.41) is 3.48. The zero-order chi connectivity index (χ0) is 14.7. The molecule has 1 aliphatic carbocycles. The Labute approximate surface area is 114 Å². The van der Waals surface area contributed by atoms with E-state index in [1.165, 1.54) is 0 Å². The largest absolute Gasteiger partial charge is 0.390 e. The SMILES string of the molecule is CCNC1C(N(C)CCC(F)(F)F)CCCC1(C)C. The minimum absolute atomic E-state index is 0.0894. The number of hydrogen-bond acceptors (Lipinski definition) is 2. The van der Waals surface area contributed by atoms with Crippen molar-refractivity contribution < 1.29 is 13.2 Å². The van der Waals surface area contributed by atoms with Gasteiger partial charge in [-0.25, -0.2) is 0 Å². The molecule has 1 aliphatic rings. The molecule has 0 aromatic carbocycles. The molecule has 0 aliphatic heterocycles. The Morgan fingerprint density at radius 3 is 2.47 bits per heavy atom. The summed E-state index contributed by atoms with van der Waals surface area (Å²) in [7, 11) is 1.82. The summed E-state index contributed by atoms with van der Waals surface area (Å²) in [6.45, 7) is 7.43. The number of halogens is 3. The first kappa shape index (κ1) is 16.8. The van der Waals surface area contributed by atoms with Gasteiger partial charge in [-0.2, -0.15) is 13.2 Å². The average molecular weight is 280 g/mol. The van der Waals surface area contributed by atoms with E-state index < -0.39 is 12.6 Å². The zero-order valence-corrected chi connectivity index (χ0v) is 12.5. The van der Waals surface area contributed by atoms with Gasteiger partial charge in [-0.1, -0.05) is 27.2 Å². The van der Waals surface area contributed by atoms with Gasteiger partial charge in [0.15, 0.2) is 0 Å². The molecule has 5 heteroatoms. The molecule has 0 aromatic rings. The molecule has 0 saturated heterocycles. The summed E-state index contributed by atoms with van der Waals surface area (Å²) in [5.74, 6) is 0. The first-order valence-electron chi connectivity index (χ1n) is 7.18. The molecule has 0 heterocycles. The van der Waals surface area contributed by atoms with Crippen LogP contribution in [-0.4, -0.2) is 43.3 Å². The van der Waals surface area contributed by atoms with Gasteiger partial charge in [0.1, 0.15) is 0 Å². The molecule has 0 radical (unpaired) electrons. The van der Waals surface area contributed by atoms with Crippen molar-refractivity contribution in [3.8, 4) is 0 Å². The monoisotopic (exact) mass is 280 g/mol. The van der Waals surface area contributed by atoms with Crippen molar-refractivity contribution >= 4 is 0 Å². The molecule has 1 rings (SSSR count). The molecule has 0 spiro atoms. The molecule has 1 saturated carbocycles. The van der Waals surface area contributed by atoms with E-state index in [0.717, 1.165) is 25.8 Å². The van der Waals surface area contributed by atoms with Gasteiger partial charge in [0.2, 0.25) is 0 Å². The number of nitrogens with one attached hydrogen (secondary N) is 1. The van der Waals surface area contributed by atoms with Gasteiger partial charge < -0.3 is 10.2 Å². The van der Waals surface area contributed by atoms with Crippen molar-refractivity contribution in [3.63, 3.8) is 0 Å². The summed E-state index contributed by atoms with van der Waals surface area (Å²) in [6.07, 6.45) is -1.58. The third-order valence-electron chi connectivity index (χ3n) is 4.29. The van der Waals surface area contributed by atoms with Gasteiger partial charge in [-0.3, -0.25) is 0 Å². The Morgan fingerprint density at radius 2 is 1.95 bits per heavy atom. The lowest BCUT2D eigenvalue weighted by Crippen LogP contribution is -2.58. The highest BCUT2D eigenvalue weighted by atomic mass is 19.4. The van der Waals surface area contributed by atoms with Crippen LogP contribution in [0.5, 0.6) is 0 Å². The highest BCUT2D eigenvalue weighted by Crippen LogP contribution is 2.37. The molecule has 1 N–H and O–H groups in total. The van der Waals surface area contributed by atoms with Crippen molar-refractivity contribution in [2.24, 2.45) is 5.41 Å². The molecule has 0 aromatic heterocycles. The van der Waals surface area contributed by atoms with Crippen molar-refractivity contribution in [3.05, 3.63) is 0 Å². The van der Waals surface area contributed by atoms with Crippen molar-refractivity contribution in [2.75, 3.05) is 20.1 Å². The Hall–Kier alpha value is -0.290. The van der Waals surface area contributed by atoms with E-state index in [1.807, 2.05) is 11.9 Å². The molecule has 1 fully saturated rings. The minimum atomic E-state index is -4.06. The van der Waals surface area contributed by atoms with E-state index in [-0.39, 0.29) is 24.0 Å². The Balaban J connectivity index is 2.66. The Kier molecular flexibility index (Phi) is 5.68. The van der Waals surface area contributed by atoms with Crippen molar-refractivity contribution in [2.45, 2.75) is 64.7 Å². The predicted octanol–water partition coefficient (Wildman–Crippen LogP) is 3.43. The second kappa shape index (κ2) is 6.44. The van der Waals surface area contributed by atoms with Gasteiger partial charge in [-0.05, 0) is 31.8 Å². The molecule has 2 nitrogen and oxygen atoms in total. The van der Waals surface area contributed by atoms with Crippen LogP contribution in [0.4, 0.5) is 13.2 Å². The van der Waals surface area contributed by atoms with E-state index in [1.54, 1.807) is 0 Å². The van der Waals surface area contributed by atoms with Gasteiger partial charge in [-0.15, -0.1) is 0 Å². The maximum absolute atomic E-state index is 12.3. The number of nitrogens with zero attached hydrogens (tertiary/aromatic N) is 1. The molecule has 114 valence electrons. The fraction of sp³-hybridized carbons (Fsp3) is 1.00. The zero-order valence-electron chi connectivity index (χ0n) is 12.5. The number of hydrogen-bond donors (Lipinski definition) is 1. The number of alkyl halides is 3. The predicted molar refractivity (Wildman–Crippen MR) is 72.2 cm³/mol. The highest BCUT2D eigenvalue weighted by molar-refractivity contribution is 4.97. The summed E-state index contributed by atoms with van der Waals surface area (Å²) in [5.41, 5.74) is 0.144. The maximum Gasteiger partial charge on any atom is 0.390 e. The average Bonchev–Trinajstić information content (AvgIpc) is 2.27. The van der Waals surface area contributed by atoms with Crippen molar-refractivity contribution in [1.82, 2.24) is 10.2 Å². The molecule has 2 unspecified atom stereocenters. The second-order valence-corrected chi connectivity index (χ2v) is 6.33. The summed E-state index contributed by atoms with van der Waals surface area (Å²) >= 11 is 0. The van der Waals surface area contributed by atoms with Crippen LogP contribution >= 0.6 is 0 Å². The third-order valence-corrected chi connectivity index (χ3v) is 4.29. The maximum atomic E-state index is 12.3. The number of rotatable bonds is 5. The highest BCUT2D eigenvalue weighted by Gasteiger charge is 2.40. The van der Waals surface area contributed by atoms with Gasteiger partial charge in [0, 0.05) is 18.6 Å². The van der Waals surface area contributed by atoms with Gasteiger partial charge in [0.05, 0.1) is 6.42 Å². The Bertz CT molecular complexity index is 276. The summed E-state index contributed by atoms with van der Waals surface area (Å²) in [4.78, 5) is 1.89. The van der Waals surface area contributed by atoms with Crippen LogP contribution in [0.15, 0.2) is 0 Å². The van der Waals surface area contributed by atoms with E-state index in [2.05, 4.69) is 26.1 Å². The molecule has 19 heavy (non-hydrogen) atoms. The molecular formula is C14H27F3N2. The first-order chi connectivity index (χ1) is 8.67. The molecule has 2 atom stereocenters. The van der Waals surface area contributed by atoms with Crippen molar-refractivity contribution in [1.29, 1.82) is 0 Å². The fourth-order valence-electron chi connectivity index (χ4n) is 3.19. The standard InChI is InChI=1S/C14H27F3N2/c1-5-18-12-11(7-6-8-13(12,2)3)19(4)10-9-14(15,16)17/h11-12,18H,5-10H2,1-4H3. The lowest BCUT2D eigenvalue weighted by atomic mass is 9.70. The third kappa shape index (κ3) is 4.95. The van der Waals surface area contributed by atoms with Crippen LogP contribution in [0.1, 0.15) is 46.5 Å². The quantitative estimate of drug-likeness (QED) is 0.830. The Morgan fingerprint density at radius 1 is 1.32 bits per heavy atom.